The minimum Gasteiger partial charge on any atom is -0.457 e. The lowest BCUT2D eigenvalue weighted by atomic mass is 10.1. The van der Waals surface area contributed by atoms with Gasteiger partial charge in [-0.05, 0) is 81.3 Å². The molecular weight excluding hydrogens is 586 g/mol. The summed E-state index contributed by atoms with van der Waals surface area (Å²) >= 11 is 0. The summed E-state index contributed by atoms with van der Waals surface area (Å²) in [6, 6.07) is 29.2. The summed E-state index contributed by atoms with van der Waals surface area (Å²) in [6.45, 7) is 7.67. The highest BCUT2D eigenvalue weighted by Gasteiger charge is 2.32. The van der Waals surface area contributed by atoms with Crippen LogP contribution in [0.5, 0.6) is 11.5 Å². The lowest BCUT2D eigenvalue weighted by molar-refractivity contribution is -0.139. The SMILES string of the molecule is CCCCNC(=O)C(C)N(Cc1cccc(C)c1)C(=O)CN(c1ccc(Oc2ccccc2)cc1)S(=O)(=O)c1ccc(C)cc1. The molecule has 0 aliphatic heterocycles. The molecule has 0 aliphatic carbocycles. The maximum Gasteiger partial charge on any atom is 0.264 e. The van der Waals surface area contributed by atoms with Crippen LogP contribution in [-0.2, 0) is 26.2 Å². The average Bonchev–Trinajstić information content (AvgIpc) is 3.03. The smallest absolute Gasteiger partial charge is 0.264 e. The minimum atomic E-state index is -4.17. The molecule has 45 heavy (non-hydrogen) atoms. The van der Waals surface area contributed by atoms with Gasteiger partial charge in [0.2, 0.25) is 11.8 Å². The molecule has 0 aliphatic rings. The Labute approximate surface area is 266 Å². The summed E-state index contributed by atoms with van der Waals surface area (Å²) in [5.41, 5.74) is 3.05. The maximum atomic E-state index is 14.1. The predicted octanol–water partition coefficient (Wildman–Crippen LogP) is 6.62. The predicted molar refractivity (Wildman–Crippen MR) is 178 cm³/mol. The number of unbranched alkanes of at least 4 members (excludes halogenated alkanes) is 1. The van der Waals surface area contributed by atoms with Gasteiger partial charge in [0.05, 0.1) is 10.6 Å². The molecular formula is C36H41N3O5S. The van der Waals surface area contributed by atoms with Crippen LogP contribution in [0.4, 0.5) is 5.69 Å². The molecule has 0 fully saturated rings. The van der Waals surface area contributed by atoms with Crippen LogP contribution >= 0.6 is 0 Å². The van der Waals surface area contributed by atoms with Crippen LogP contribution in [0.2, 0.25) is 0 Å². The van der Waals surface area contributed by atoms with Crippen molar-refractivity contribution in [2.75, 3.05) is 17.4 Å². The maximum absolute atomic E-state index is 14.1. The van der Waals surface area contributed by atoms with Crippen molar-refractivity contribution < 1.29 is 22.7 Å². The topological polar surface area (TPSA) is 96.0 Å². The van der Waals surface area contributed by atoms with Gasteiger partial charge in [-0.2, -0.15) is 0 Å². The number of aryl methyl sites for hydroxylation is 2. The highest BCUT2D eigenvalue weighted by atomic mass is 32.2. The summed E-state index contributed by atoms with van der Waals surface area (Å²) in [5, 5.41) is 2.91. The molecule has 0 aromatic heterocycles. The number of nitrogens with zero attached hydrogens (tertiary/aromatic N) is 2. The van der Waals surface area contributed by atoms with Crippen molar-refractivity contribution in [1.82, 2.24) is 10.2 Å². The quantitative estimate of drug-likeness (QED) is 0.159. The highest BCUT2D eigenvalue weighted by Crippen LogP contribution is 2.29. The summed E-state index contributed by atoms with van der Waals surface area (Å²) in [6.07, 6.45) is 1.73. The van der Waals surface area contributed by atoms with Crippen molar-refractivity contribution >= 4 is 27.5 Å². The highest BCUT2D eigenvalue weighted by molar-refractivity contribution is 7.92. The number of hydrogen-bond acceptors (Lipinski definition) is 5. The third kappa shape index (κ3) is 8.95. The van der Waals surface area contributed by atoms with E-state index in [0.717, 1.165) is 33.8 Å². The molecule has 236 valence electrons. The molecule has 4 aromatic carbocycles. The van der Waals surface area contributed by atoms with Crippen molar-refractivity contribution in [2.45, 2.75) is 58.0 Å². The van der Waals surface area contributed by atoms with E-state index >= 15 is 0 Å². The zero-order valence-corrected chi connectivity index (χ0v) is 27.1. The van der Waals surface area contributed by atoms with Gasteiger partial charge in [-0.1, -0.05) is 79.1 Å². The van der Waals surface area contributed by atoms with Crippen molar-refractivity contribution in [3.05, 3.63) is 120 Å². The lowest BCUT2D eigenvalue weighted by Crippen LogP contribution is -2.51. The van der Waals surface area contributed by atoms with E-state index in [9.17, 15) is 18.0 Å². The van der Waals surface area contributed by atoms with Crippen LogP contribution in [0.3, 0.4) is 0 Å². The van der Waals surface area contributed by atoms with Crippen molar-refractivity contribution in [1.29, 1.82) is 0 Å². The van der Waals surface area contributed by atoms with Crippen LogP contribution in [0.15, 0.2) is 108 Å². The number of ether oxygens (including phenoxy) is 1. The molecule has 4 aromatic rings. The number of rotatable bonds is 14. The van der Waals surface area contributed by atoms with Gasteiger partial charge in [0, 0.05) is 13.1 Å². The normalized spacial score (nSPS) is 11.8. The van der Waals surface area contributed by atoms with Gasteiger partial charge in [-0.25, -0.2) is 8.42 Å². The van der Waals surface area contributed by atoms with Gasteiger partial charge >= 0.3 is 0 Å². The zero-order chi connectivity index (χ0) is 32.4. The van der Waals surface area contributed by atoms with Gasteiger partial charge < -0.3 is 15.0 Å². The molecule has 1 unspecified atom stereocenters. The number of amides is 2. The second-order valence-corrected chi connectivity index (χ2v) is 12.9. The molecule has 0 heterocycles. The van der Waals surface area contributed by atoms with Gasteiger partial charge in [0.15, 0.2) is 0 Å². The Kier molecular flexibility index (Phi) is 11.4. The first-order chi connectivity index (χ1) is 21.6. The Hall–Kier alpha value is -4.63. The number of para-hydroxylation sites is 1. The van der Waals surface area contributed by atoms with E-state index in [2.05, 4.69) is 5.32 Å². The first-order valence-electron chi connectivity index (χ1n) is 15.1. The summed E-state index contributed by atoms with van der Waals surface area (Å²) in [4.78, 5) is 28.8. The summed E-state index contributed by atoms with van der Waals surface area (Å²) in [5.74, 6) is 0.361. The monoisotopic (exact) mass is 627 g/mol. The van der Waals surface area contributed by atoms with E-state index in [1.165, 1.54) is 17.0 Å². The third-order valence-corrected chi connectivity index (χ3v) is 9.21. The van der Waals surface area contributed by atoms with Crippen LogP contribution < -0.4 is 14.4 Å². The standard InChI is InChI=1S/C36H41N3O5S/c1-5-6-23-37-36(41)29(4)38(25-30-12-10-11-28(3)24-30)35(40)26-39(45(42,43)34-21-15-27(2)16-22-34)31-17-19-33(20-18-31)44-32-13-8-7-9-14-32/h7-22,24,29H,5-6,23,25-26H2,1-4H3,(H,37,41). The van der Waals surface area contributed by atoms with E-state index in [1.807, 2.05) is 75.4 Å². The van der Waals surface area contributed by atoms with Gasteiger partial charge in [0.25, 0.3) is 10.0 Å². The Morgan fingerprint density at radius 2 is 1.49 bits per heavy atom. The lowest BCUT2D eigenvalue weighted by Gasteiger charge is -2.32. The van der Waals surface area contributed by atoms with Crippen LogP contribution in [0, 0.1) is 13.8 Å². The zero-order valence-electron chi connectivity index (χ0n) is 26.3. The fraction of sp³-hybridized carbons (Fsp3) is 0.278. The summed E-state index contributed by atoms with van der Waals surface area (Å²) in [7, 11) is -4.17. The van der Waals surface area contributed by atoms with Gasteiger partial charge in [-0.3, -0.25) is 13.9 Å². The largest absolute Gasteiger partial charge is 0.457 e. The van der Waals surface area contributed by atoms with Crippen LogP contribution in [0.1, 0.15) is 43.4 Å². The average molecular weight is 628 g/mol. The molecule has 1 N–H and O–H groups in total. The molecule has 0 saturated carbocycles. The Morgan fingerprint density at radius 1 is 0.822 bits per heavy atom. The second-order valence-electron chi connectivity index (χ2n) is 11.1. The molecule has 1 atom stereocenters. The Balaban J connectivity index is 1.69. The first kappa shape index (κ1) is 33.3. The Morgan fingerprint density at radius 3 is 2.13 bits per heavy atom. The molecule has 0 saturated heterocycles. The molecule has 9 heteroatoms. The number of benzene rings is 4. The van der Waals surface area contributed by atoms with Crippen LogP contribution in [-0.4, -0.2) is 44.3 Å². The van der Waals surface area contributed by atoms with E-state index in [1.54, 1.807) is 43.3 Å². The summed E-state index contributed by atoms with van der Waals surface area (Å²) < 4.78 is 35.2. The third-order valence-electron chi connectivity index (χ3n) is 7.42. The van der Waals surface area contributed by atoms with Gasteiger partial charge in [-0.15, -0.1) is 0 Å². The number of carbonyl (C=O) groups excluding carboxylic acids is 2. The van der Waals surface area contributed by atoms with E-state index in [4.69, 9.17) is 4.74 Å². The number of anilines is 1. The fourth-order valence-electron chi connectivity index (χ4n) is 4.80. The molecule has 8 nitrogen and oxygen atoms in total. The first-order valence-corrected chi connectivity index (χ1v) is 16.6. The van der Waals surface area contributed by atoms with Crippen LogP contribution in [0.25, 0.3) is 0 Å². The van der Waals surface area contributed by atoms with Gasteiger partial charge in [0.1, 0.15) is 24.1 Å². The van der Waals surface area contributed by atoms with Crippen molar-refractivity contribution in [3.8, 4) is 11.5 Å². The molecule has 2 amide bonds. The number of hydrogen-bond donors (Lipinski definition) is 1. The Bertz CT molecular complexity index is 1670. The number of nitrogens with one attached hydrogen (secondary N) is 1. The number of sulfonamides is 1. The van der Waals surface area contributed by atoms with Crippen molar-refractivity contribution in [3.63, 3.8) is 0 Å². The van der Waals surface area contributed by atoms with E-state index < -0.39 is 28.5 Å². The van der Waals surface area contributed by atoms with E-state index in [-0.39, 0.29) is 17.3 Å². The fourth-order valence-corrected chi connectivity index (χ4v) is 6.21. The number of carbonyl (C=O) groups is 2. The van der Waals surface area contributed by atoms with Crippen molar-refractivity contribution in [2.24, 2.45) is 0 Å². The van der Waals surface area contributed by atoms with E-state index in [0.29, 0.717) is 23.7 Å². The molecule has 0 bridgehead atoms. The molecule has 4 rings (SSSR count). The molecule has 0 radical (unpaired) electrons. The second kappa shape index (κ2) is 15.4. The minimum absolute atomic E-state index is 0.0566. The molecule has 0 spiro atoms.